The van der Waals surface area contributed by atoms with E-state index < -0.39 is 11.8 Å². The Hall–Kier alpha value is -2.79. The normalized spacial score (nSPS) is 14.2. The second-order valence-corrected chi connectivity index (χ2v) is 6.58. The largest absolute Gasteiger partial charge is 0.299 e. The quantitative estimate of drug-likeness (QED) is 0.508. The molecule has 2 N–H and O–H groups in total. The van der Waals surface area contributed by atoms with Gasteiger partial charge in [0.05, 0.1) is 0 Å². The summed E-state index contributed by atoms with van der Waals surface area (Å²) >= 11 is 4.82. The Morgan fingerprint density at radius 1 is 0.960 bits per heavy atom. The Morgan fingerprint density at radius 3 is 2.20 bits per heavy atom. The molecule has 126 valence electrons. The maximum Gasteiger partial charge on any atom is 0.263 e. The van der Waals surface area contributed by atoms with Crippen molar-refractivity contribution in [2.45, 2.75) is 20.3 Å². The molecule has 0 saturated carbocycles. The average molecular weight is 350 g/mol. The third kappa shape index (κ3) is 4.00. The molecule has 1 aliphatic rings. The molecule has 4 nitrogen and oxygen atoms in total. The molecule has 5 heteroatoms. The van der Waals surface area contributed by atoms with Crippen LogP contribution in [-0.2, 0) is 16.0 Å². The van der Waals surface area contributed by atoms with E-state index in [2.05, 4.69) is 42.7 Å². The summed E-state index contributed by atoms with van der Waals surface area (Å²) < 4.78 is 0. The third-order valence-electron chi connectivity index (χ3n) is 3.97. The summed E-state index contributed by atoms with van der Waals surface area (Å²) in [4.78, 5) is 24.1. The number of aryl methyl sites for hydroxylation is 2. The van der Waals surface area contributed by atoms with Crippen LogP contribution >= 0.6 is 12.2 Å². The molecule has 0 unspecified atom stereocenters. The first kappa shape index (κ1) is 17.0. The second kappa shape index (κ2) is 6.99. The molecule has 25 heavy (non-hydrogen) atoms. The van der Waals surface area contributed by atoms with Gasteiger partial charge in [-0.25, -0.2) is 0 Å². The van der Waals surface area contributed by atoms with Crippen LogP contribution in [0.2, 0.25) is 0 Å². The molecule has 2 amide bonds. The van der Waals surface area contributed by atoms with Crippen molar-refractivity contribution in [1.29, 1.82) is 0 Å². The van der Waals surface area contributed by atoms with E-state index in [9.17, 15) is 9.59 Å². The SMILES string of the molecule is Cc1cc(C)cc(Cc2ccccc2C=C2C(=O)NC(=S)NC2=O)c1. The molecule has 1 aliphatic heterocycles. The number of amides is 2. The van der Waals surface area contributed by atoms with E-state index in [-0.39, 0.29) is 10.7 Å². The Kier molecular flexibility index (Phi) is 4.76. The van der Waals surface area contributed by atoms with Crippen molar-refractivity contribution < 1.29 is 9.59 Å². The molecule has 1 fully saturated rings. The molecule has 0 aromatic heterocycles. The lowest BCUT2D eigenvalue weighted by Crippen LogP contribution is -2.51. The minimum atomic E-state index is -0.477. The summed E-state index contributed by atoms with van der Waals surface area (Å²) in [6.07, 6.45) is 2.34. The molecule has 0 atom stereocenters. The van der Waals surface area contributed by atoms with E-state index in [4.69, 9.17) is 12.2 Å². The van der Waals surface area contributed by atoms with Crippen molar-refractivity contribution in [3.8, 4) is 0 Å². The van der Waals surface area contributed by atoms with Gasteiger partial charge in [-0.05, 0) is 55.3 Å². The molecule has 0 bridgehead atoms. The lowest BCUT2D eigenvalue weighted by atomic mass is 9.96. The fraction of sp³-hybridized carbons (Fsp3) is 0.150. The van der Waals surface area contributed by atoms with Gasteiger partial charge >= 0.3 is 0 Å². The molecule has 0 radical (unpaired) electrons. The summed E-state index contributed by atoms with van der Waals surface area (Å²) in [5.74, 6) is -0.954. The number of benzene rings is 2. The van der Waals surface area contributed by atoms with Crippen molar-refractivity contribution in [1.82, 2.24) is 10.6 Å². The topological polar surface area (TPSA) is 58.2 Å². The van der Waals surface area contributed by atoms with Crippen LogP contribution in [0.15, 0.2) is 48.0 Å². The zero-order valence-corrected chi connectivity index (χ0v) is 14.9. The number of thiocarbonyl (C=S) groups is 1. The van der Waals surface area contributed by atoms with Crippen LogP contribution in [0.3, 0.4) is 0 Å². The summed E-state index contributed by atoms with van der Waals surface area (Å²) in [5, 5.41) is 4.95. The van der Waals surface area contributed by atoms with Crippen LogP contribution in [-0.4, -0.2) is 16.9 Å². The van der Waals surface area contributed by atoms with E-state index in [1.807, 2.05) is 24.3 Å². The van der Waals surface area contributed by atoms with E-state index in [0.717, 1.165) is 17.5 Å². The number of carbonyl (C=O) groups is 2. The molecule has 1 saturated heterocycles. The number of hydrogen-bond donors (Lipinski definition) is 2. The van der Waals surface area contributed by atoms with Gasteiger partial charge in [0.1, 0.15) is 5.57 Å². The van der Waals surface area contributed by atoms with Gasteiger partial charge in [-0.15, -0.1) is 0 Å². The number of nitrogens with one attached hydrogen (secondary N) is 2. The fourth-order valence-corrected chi connectivity index (χ4v) is 3.17. The highest BCUT2D eigenvalue weighted by atomic mass is 32.1. The first-order valence-corrected chi connectivity index (χ1v) is 8.36. The Balaban J connectivity index is 1.96. The van der Waals surface area contributed by atoms with Crippen LogP contribution in [0.1, 0.15) is 27.8 Å². The zero-order chi connectivity index (χ0) is 18.0. The molecule has 2 aromatic carbocycles. The van der Waals surface area contributed by atoms with Crippen LogP contribution in [0.4, 0.5) is 0 Å². The highest BCUT2D eigenvalue weighted by Gasteiger charge is 2.25. The monoisotopic (exact) mass is 350 g/mol. The first-order valence-electron chi connectivity index (χ1n) is 7.96. The Morgan fingerprint density at radius 2 is 1.56 bits per heavy atom. The maximum absolute atomic E-state index is 12.1. The van der Waals surface area contributed by atoms with Gasteiger partial charge in [-0.1, -0.05) is 53.6 Å². The van der Waals surface area contributed by atoms with Gasteiger partial charge in [0.25, 0.3) is 11.8 Å². The molecular formula is C20H18N2O2S. The van der Waals surface area contributed by atoms with Crippen molar-refractivity contribution in [2.24, 2.45) is 0 Å². The van der Waals surface area contributed by atoms with Gasteiger partial charge in [0, 0.05) is 0 Å². The number of rotatable bonds is 3. The molecule has 2 aromatic rings. The van der Waals surface area contributed by atoms with Crippen LogP contribution in [0, 0.1) is 13.8 Å². The lowest BCUT2D eigenvalue weighted by Gasteiger charge is -2.17. The molecule has 0 spiro atoms. The summed E-state index contributed by atoms with van der Waals surface area (Å²) in [6, 6.07) is 14.2. The lowest BCUT2D eigenvalue weighted by molar-refractivity contribution is -0.123. The average Bonchev–Trinajstić information content (AvgIpc) is 2.51. The van der Waals surface area contributed by atoms with Gasteiger partial charge in [-0.2, -0.15) is 0 Å². The van der Waals surface area contributed by atoms with Gasteiger partial charge in [0.15, 0.2) is 5.11 Å². The minimum Gasteiger partial charge on any atom is -0.299 e. The predicted molar refractivity (Wildman–Crippen MR) is 102 cm³/mol. The van der Waals surface area contributed by atoms with Crippen molar-refractivity contribution in [3.05, 3.63) is 75.9 Å². The van der Waals surface area contributed by atoms with E-state index in [1.54, 1.807) is 6.08 Å². The Bertz CT molecular complexity index is 873. The highest BCUT2D eigenvalue weighted by Crippen LogP contribution is 2.20. The van der Waals surface area contributed by atoms with Crippen LogP contribution in [0.5, 0.6) is 0 Å². The Labute approximate surface area is 151 Å². The summed E-state index contributed by atoms with van der Waals surface area (Å²) in [6.45, 7) is 4.15. The van der Waals surface area contributed by atoms with E-state index in [0.29, 0.717) is 0 Å². The van der Waals surface area contributed by atoms with Crippen LogP contribution in [0.25, 0.3) is 6.08 Å². The number of hydrogen-bond acceptors (Lipinski definition) is 3. The van der Waals surface area contributed by atoms with Crippen molar-refractivity contribution in [3.63, 3.8) is 0 Å². The number of carbonyl (C=O) groups excluding carboxylic acids is 2. The van der Waals surface area contributed by atoms with E-state index in [1.165, 1.54) is 16.7 Å². The standard InChI is InChI=1S/C20H18N2O2S/c1-12-7-13(2)9-14(8-12)10-15-5-3-4-6-16(15)11-17-18(23)21-20(25)22-19(17)24/h3-9,11H,10H2,1-2H3,(H2,21,22,23,24,25). The van der Waals surface area contributed by atoms with Gasteiger partial charge < -0.3 is 0 Å². The van der Waals surface area contributed by atoms with E-state index >= 15 is 0 Å². The molecule has 0 aliphatic carbocycles. The van der Waals surface area contributed by atoms with Crippen molar-refractivity contribution in [2.75, 3.05) is 0 Å². The zero-order valence-electron chi connectivity index (χ0n) is 14.1. The maximum atomic E-state index is 12.1. The third-order valence-corrected chi connectivity index (χ3v) is 4.18. The van der Waals surface area contributed by atoms with Gasteiger partial charge in [-0.3, -0.25) is 20.2 Å². The minimum absolute atomic E-state index is 0.0377. The van der Waals surface area contributed by atoms with Crippen molar-refractivity contribution >= 4 is 35.2 Å². The summed E-state index contributed by atoms with van der Waals surface area (Å²) in [5.41, 5.74) is 5.57. The van der Waals surface area contributed by atoms with Crippen LogP contribution < -0.4 is 10.6 Å². The molecule has 3 rings (SSSR count). The molecule has 1 heterocycles. The fourth-order valence-electron chi connectivity index (χ4n) is 2.99. The first-order chi connectivity index (χ1) is 11.9. The molecular weight excluding hydrogens is 332 g/mol. The second-order valence-electron chi connectivity index (χ2n) is 6.17. The predicted octanol–water partition coefficient (Wildman–Crippen LogP) is 2.81. The summed E-state index contributed by atoms with van der Waals surface area (Å²) in [7, 11) is 0. The highest BCUT2D eigenvalue weighted by molar-refractivity contribution is 7.80. The van der Waals surface area contributed by atoms with Gasteiger partial charge in [0.2, 0.25) is 0 Å². The smallest absolute Gasteiger partial charge is 0.263 e.